The first kappa shape index (κ1) is 16.6. The summed E-state index contributed by atoms with van der Waals surface area (Å²) < 4.78 is 66.1. The van der Waals surface area contributed by atoms with Gasteiger partial charge in [0.25, 0.3) is 5.92 Å². The van der Waals surface area contributed by atoms with Gasteiger partial charge in [-0.15, -0.1) is 0 Å². The van der Waals surface area contributed by atoms with Crippen molar-refractivity contribution < 1.29 is 26.7 Å². The predicted molar refractivity (Wildman–Crippen MR) is 53.8 cm³/mol. The molecule has 1 aliphatic rings. The second kappa shape index (κ2) is 4.69. The fourth-order valence-corrected chi connectivity index (χ4v) is 2.83. The smallest absolute Gasteiger partial charge is 0.269 e. The molecule has 0 nitrogen and oxygen atoms in total. The molecule has 0 heterocycles. The van der Waals surface area contributed by atoms with Crippen molar-refractivity contribution >= 4 is 0 Å². The number of hydrogen-bond donors (Lipinski definition) is 0. The van der Waals surface area contributed by atoms with E-state index in [1.165, 1.54) is 6.92 Å². The third kappa shape index (κ3) is 2.15. The topological polar surface area (TPSA) is 0 Å². The summed E-state index contributed by atoms with van der Waals surface area (Å²) in [4.78, 5) is 0. The summed E-state index contributed by atoms with van der Waals surface area (Å²) in [6.45, 7) is 3.86. The molecule has 6 heteroatoms. The fraction of sp³-hybridized carbons (Fsp3) is 1.00. The molecular weight excluding hydrogens is 246 g/mol. The highest BCUT2D eigenvalue weighted by Crippen LogP contribution is 2.64. The third-order valence-corrected chi connectivity index (χ3v) is 4.03. The van der Waals surface area contributed by atoms with Crippen molar-refractivity contribution in [3.8, 4) is 0 Å². The lowest BCUT2D eigenvalue weighted by molar-refractivity contribution is -0.288. The van der Waals surface area contributed by atoms with E-state index in [0.717, 1.165) is 0 Å². The third-order valence-electron chi connectivity index (χ3n) is 4.03. The predicted octanol–water partition coefficient (Wildman–Crippen LogP) is 4.80. The van der Waals surface area contributed by atoms with Crippen molar-refractivity contribution in [2.45, 2.75) is 52.1 Å². The van der Waals surface area contributed by atoms with Crippen LogP contribution in [0.25, 0.3) is 0 Å². The van der Waals surface area contributed by atoms with Gasteiger partial charge in [-0.25, -0.2) is 8.78 Å². The Hall–Kier alpha value is -0.420. The van der Waals surface area contributed by atoms with Gasteiger partial charge >= 0.3 is 6.18 Å². The summed E-state index contributed by atoms with van der Waals surface area (Å²) >= 11 is 0. The molecule has 0 radical (unpaired) electrons. The molecule has 0 aliphatic heterocycles. The molecule has 0 bridgehead atoms. The van der Waals surface area contributed by atoms with E-state index in [4.69, 9.17) is 0 Å². The lowest BCUT2D eigenvalue weighted by Gasteiger charge is -2.35. The summed E-state index contributed by atoms with van der Waals surface area (Å²) in [7, 11) is 0. The van der Waals surface area contributed by atoms with Gasteiger partial charge in [0.2, 0.25) is 0 Å². The van der Waals surface area contributed by atoms with Crippen LogP contribution < -0.4 is 0 Å². The zero-order valence-electron chi connectivity index (χ0n) is 10.1. The summed E-state index contributed by atoms with van der Waals surface area (Å²) in [5, 5.41) is 0. The van der Waals surface area contributed by atoms with E-state index in [9.17, 15) is 22.0 Å². The normalized spacial score (nSPS) is 36.7. The molecule has 0 amide bonds. The standard InChI is InChI=1S/C11H17F5.FH/c1-4-7-6-9(3,11(14,15)16)10(12,13)8(7)5-2;/h7-8H,4-6H2,1-3H3;1H. The van der Waals surface area contributed by atoms with Crippen molar-refractivity contribution in [1.82, 2.24) is 0 Å². The average molecular weight is 264 g/mol. The molecule has 3 atom stereocenters. The van der Waals surface area contributed by atoms with Crippen molar-refractivity contribution in [3.05, 3.63) is 0 Å². The van der Waals surface area contributed by atoms with Gasteiger partial charge in [-0.2, -0.15) is 13.2 Å². The highest BCUT2D eigenvalue weighted by Gasteiger charge is 2.73. The van der Waals surface area contributed by atoms with Gasteiger partial charge in [-0.1, -0.05) is 20.3 Å². The second-order valence-electron chi connectivity index (χ2n) is 4.84. The Balaban J connectivity index is 0.00000256. The molecule has 3 unspecified atom stereocenters. The van der Waals surface area contributed by atoms with E-state index >= 15 is 0 Å². The molecule has 17 heavy (non-hydrogen) atoms. The SMILES string of the molecule is CCC1CC(C)(C(F)(F)F)C(F)(F)C1CC.F. The summed E-state index contributed by atoms with van der Waals surface area (Å²) in [5.74, 6) is -5.34. The van der Waals surface area contributed by atoms with Gasteiger partial charge in [-0.3, -0.25) is 4.70 Å². The quantitative estimate of drug-likeness (QED) is 0.628. The number of alkyl halides is 5. The maximum absolute atomic E-state index is 13.9. The zero-order chi connectivity index (χ0) is 12.8. The highest BCUT2D eigenvalue weighted by molar-refractivity contribution is 5.06. The van der Waals surface area contributed by atoms with Crippen LogP contribution in [0.5, 0.6) is 0 Å². The minimum atomic E-state index is -4.84. The lowest BCUT2D eigenvalue weighted by Crippen LogP contribution is -2.48. The Bertz CT molecular complexity index is 259. The number of hydrogen-bond acceptors (Lipinski definition) is 0. The van der Waals surface area contributed by atoms with E-state index in [1.54, 1.807) is 6.92 Å². The molecule has 0 spiro atoms. The lowest BCUT2D eigenvalue weighted by atomic mass is 9.82. The molecule has 0 aromatic rings. The molecule has 104 valence electrons. The van der Waals surface area contributed by atoms with Crippen LogP contribution in [0.1, 0.15) is 40.0 Å². The van der Waals surface area contributed by atoms with Gasteiger partial charge < -0.3 is 0 Å². The number of halogens is 6. The molecule has 1 fully saturated rings. The summed E-state index contributed by atoms with van der Waals surface area (Å²) in [6.07, 6.45) is -4.83. The fourth-order valence-electron chi connectivity index (χ4n) is 2.83. The molecule has 1 rings (SSSR count). The van der Waals surface area contributed by atoms with Gasteiger partial charge in [0.1, 0.15) is 5.41 Å². The Morgan fingerprint density at radius 1 is 1.12 bits per heavy atom. The average Bonchev–Trinajstić information content (AvgIpc) is 2.34. The van der Waals surface area contributed by atoms with E-state index < -0.39 is 35.8 Å². The molecule has 0 aromatic heterocycles. The molecule has 1 aliphatic carbocycles. The number of rotatable bonds is 2. The van der Waals surface area contributed by atoms with Crippen LogP contribution in [0, 0.1) is 17.3 Å². The van der Waals surface area contributed by atoms with Crippen molar-refractivity contribution in [2.75, 3.05) is 0 Å². The van der Waals surface area contributed by atoms with Gasteiger partial charge in [0, 0.05) is 5.92 Å². The van der Waals surface area contributed by atoms with Crippen LogP contribution in [0.2, 0.25) is 0 Å². The van der Waals surface area contributed by atoms with Crippen LogP contribution >= 0.6 is 0 Å². The molecule has 0 saturated heterocycles. The van der Waals surface area contributed by atoms with Crippen molar-refractivity contribution in [1.29, 1.82) is 0 Å². The molecule has 0 aromatic carbocycles. The highest BCUT2D eigenvalue weighted by atomic mass is 19.4. The van der Waals surface area contributed by atoms with Gasteiger partial charge in [0.15, 0.2) is 0 Å². The van der Waals surface area contributed by atoms with E-state index in [0.29, 0.717) is 13.3 Å². The summed E-state index contributed by atoms with van der Waals surface area (Å²) in [5.41, 5.74) is -2.86. The maximum atomic E-state index is 13.9. The Labute approximate surface area is 96.9 Å². The largest absolute Gasteiger partial charge is 0.400 e. The van der Waals surface area contributed by atoms with Gasteiger partial charge in [0.05, 0.1) is 0 Å². The van der Waals surface area contributed by atoms with E-state index in [2.05, 4.69) is 0 Å². The molecular formula is C11H18F6. The van der Waals surface area contributed by atoms with Crippen LogP contribution in [0.4, 0.5) is 26.7 Å². The Kier molecular flexibility index (Phi) is 4.57. The first-order chi connectivity index (χ1) is 7.11. The van der Waals surface area contributed by atoms with Crippen LogP contribution in [0.3, 0.4) is 0 Å². The monoisotopic (exact) mass is 264 g/mol. The molecule has 0 N–H and O–H groups in total. The second-order valence-corrected chi connectivity index (χ2v) is 4.84. The van der Waals surface area contributed by atoms with Crippen molar-refractivity contribution in [2.24, 2.45) is 17.3 Å². The van der Waals surface area contributed by atoms with Gasteiger partial charge in [-0.05, 0) is 25.7 Å². The minimum Gasteiger partial charge on any atom is -0.269 e. The Morgan fingerprint density at radius 2 is 1.59 bits per heavy atom. The van der Waals surface area contributed by atoms with Crippen LogP contribution in [0.15, 0.2) is 0 Å². The van der Waals surface area contributed by atoms with Crippen LogP contribution in [-0.4, -0.2) is 12.1 Å². The first-order valence-electron chi connectivity index (χ1n) is 5.56. The molecule has 1 saturated carbocycles. The minimum absolute atomic E-state index is 0. The maximum Gasteiger partial charge on any atom is 0.400 e. The van der Waals surface area contributed by atoms with Crippen LogP contribution in [-0.2, 0) is 0 Å². The first-order valence-corrected chi connectivity index (χ1v) is 5.56. The Morgan fingerprint density at radius 3 is 1.82 bits per heavy atom. The van der Waals surface area contributed by atoms with E-state index in [1.807, 2.05) is 0 Å². The zero-order valence-corrected chi connectivity index (χ0v) is 10.1. The summed E-state index contributed by atoms with van der Waals surface area (Å²) in [6, 6.07) is 0. The van der Waals surface area contributed by atoms with Crippen molar-refractivity contribution in [3.63, 3.8) is 0 Å². The van der Waals surface area contributed by atoms with E-state index in [-0.39, 0.29) is 11.1 Å².